The van der Waals surface area contributed by atoms with Crippen LogP contribution in [0.3, 0.4) is 0 Å². The number of benzene rings is 1. The van der Waals surface area contributed by atoms with Crippen molar-refractivity contribution in [2.45, 2.75) is 25.9 Å². The number of nitrogens with one attached hydrogen (secondary N) is 2. The minimum atomic E-state index is -0.506. The number of hydrogen-bond donors (Lipinski definition) is 2. The molecule has 3 rings (SSSR count). The number of nitrogens with zero attached hydrogens (tertiary/aromatic N) is 2. The Hall–Kier alpha value is -1.96. The van der Waals surface area contributed by atoms with E-state index in [0.29, 0.717) is 15.6 Å². The normalized spacial score (nSPS) is 13.4. The van der Waals surface area contributed by atoms with Gasteiger partial charge in [-0.2, -0.15) is 5.10 Å². The van der Waals surface area contributed by atoms with Crippen molar-refractivity contribution in [1.29, 1.82) is 0 Å². The van der Waals surface area contributed by atoms with Crippen molar-refractivity contribution in [2.75, 3.05) is 0 Å². The summed E-state index contributed by atoms with van der Waals surface area (Å²) in [6.07, 6.45) is 0. The lowest BCUT2D eigenvalue weighted by atomic mass is 10.1. The number of aromatic amines is 1. The largest absolute Gasteiger partial charge is 0.348 e. The van der Waals surface area contributed by atoms with Crippen LogP contribution in [0.15, 0.2) is 41.8 Å². The minimum absolute atomic E-state index is 0.150. The zero-order valence-corrected chi connectivity index (χ0v) is 16.1. The lowest BCUT2D eigenvalue weighted by Crippen LogP contribution is -2.33. The van der Waals surface area contributed by atoms with E-state index in [-0.39, 0.29) is 11.9 Å². The molecule has 2 aromatic heterocycles. The Labute approximate surface area is 159 Å². The van der Waals surface area contributed by atoms with Gasteiger partial charge in [0.2, 0.25) is 5.91 Å². The number of halogens is 1. The summed E-state index contributed by atoms with van der Waals surface area (Å²) in [5, 5.41) is 12.6. The van der Waals surface area contributed by atoms with Crippen LogP contribution in [0, 0.1) is 4.77 Å². The van der Waals surface area contributed by atoms with Crippen molar-refractivity contribution in [3.63, 3.8) is 0 Å². The van der Waals surface area contributed by atoms with Gasteiger partial charge in [-0.05, 0) is 49.1 Å². The van der Waals surface area contributed by atoms with Crippen molar-refractivity contribution in [3.05, 3.63) is 57.1 Å². The third-order valence-corrected chi connectivity index (χ3v) is 5.44. The van der Waals surface area contributed by atoms with Gasteiger partial charge in [0, 0.05) is 5.02 Å². The molecule has 0 spiro atoms. The van der Waals surface area contributed by atoms with Crippen molar-refractivity contribution in [2.24, 2.45) is 0 Å². The average Bonchev–Trinajstić information content (AvgIpc) is 3.23. The number of carbonyl (C=O) groups excluding carboxylic acids is 1. The molecule has 0 saturated heterocycles. The molecule has 0 radical (unpaired) electrons. The van der Waals surface area contributed by atoms with Crippen LogP contribution in [-0.2, 0) is 4.79 Å². The Kier molecular flexibility index (Phi) is 5.36. The molecule has 5 nitrogen and oxygen atoms in total. The number of H-pyrrole nitrogens is 1. The van der Waals surface area contributed by atoms with E-state index in [9.17, 15) is 4.79 Å². The molecule has 25 heavy (non-hydrogen) atoms. The first-order chi connectivity index (χ1) is 12.0. The summed E-state index contributed by atoms with van der Waals surface area (Å²) >= 11 is 13.1. The Morgan fingerprint density at radius 2 is 2.08 bits per heavy atom. The van der Waals surface area contributed by atoms with Gasteiger partial charge in [-0.15, -0.1) is 11.3 Å². The molecule has 130 valence electrons. The summed E-state index contributed by atoms with van der Waals surface area (Å²) in [6, 6.07) is 10.6. The second-order valence-electron chi connectivity index (χ2n) is 5.63. The zero-order valence-electron chi connectivity index (χ0n) is 13.7. The Balaban J connectivity index is 1.83. The van der Waals surface area contributed by atoms with Gasteiger partial charge in [0.25, 0.3) is 0 Å². The predicted octanol–water partition coefficient (Wildman–Crippen LogP) is 4.76. The third-order valence-electron chi connectivity index (χ3n) is 3.94. The Morgan fingerprint density at radius 3 is 2.76 bits per heavy atom. The average molecular weight is 393 g/mol. The van der Waals surface area contributed by atoms with Crippen LogP contribution < -0.4 is 5.32 Å². The standard InChI is InChI=1S/C17H17ClN4OS2/c1-10(12-6-3-4-7-13(12)18)19-16(23)11(2)22-15(20-21-17(22)24)14-8-5-9-25-14/h3-11H,1-2H3,(H,19,23)(H,21,24). The molecule has 3 aromatic rings. The second-order valence-corrected chi connectivity index (χ2v) is 7.37. The molecule has 0 bridgehead atoms. The third kappa shape index (κ3) is 3.68. The smallest absolute Gasteiger partial charge is 0.243 e. The summed E-state index contributed by atoms with van der Waals surface area (Å²) in [6.45, 7) is 3.71. The van der Waals surface area contributed by atoms with Crippen LogP contribution in [0.5, 0.6) is 0 Å². The summed E-state index contributed by atoms with van der Waals surface area (Å²) < 4.78 is 2.15. The van der Waals surface area contributed by atoms with Gasteiger partial charge < -0.3 is 5.32 Å². The molecule has 0 aliphatic heterocycles. The van der Waals surface area contributed by atoms with Gasteiger partial charge in [-0.1, -0.05) is 35.9 Å². The second kappa shape index (κ2) is 7.51. The van der Waals surface area contributed by atoms with E-state index >= 15 is 0 Å². The summed E-state index contributed by atoms with van der Waals surface area (Å²) in [7, 11) is 0. The van der Waals surface area contributed by atoms with Crippen LogP contribution in [0.2, 0.25) is 5.02 Å². The predicted molar refractivity (Wildman–Crippen MR) is 103 cm³/mol. The molecule has 0 aliphatic rings. The van der Waals surface area contributed by atoms with Crippen LogP contribution in [0.25, 0.3) is 10.7 Å². The summed E-state index contributed by atoms with van der Waals surface area (Å²) in [4.78, 5) is 13.7. The fourth-order valence-corrected chi connectivity index (χ4v) is 3.90. The highest BCUT2D eigenvalue weighted by Crippen LogP contribution is 2.27. The van der Waals surface area contributed by atoms with Gasteiger partial charge in [0.05, 0.1) is 10.9 Å². The fourth-order valence-electron chi connectivity index (χ4n) is 2.60. The van der Waals surface area contributed by atoms with Crippen molar-refractivity contribution in [1.82, 2.24) is 20.1 Å². The van der Waals surface area contributed by atoms with Gasteiger partial charge in [0.15, 0.2) is 10.6 Å². The number of hydrogen-bond acceptors (Lipinski definition) is 4. The van der Waals surface area contributed by atoms with Gasteiger partial charge >= 0.3 is 0 Å². The van der Waals surface area contributed by atoms with E-state index in [1.807, 2.05) is 48.7 Å². The highest BCUT2D eigenvalue weighted by molar-refractivity contribution is 7.71. The van der Waals surface area contributed by atoms with Gasteiger partial charge in [-0.3, -0.25) is 14.5 Å². The topological polar surface area (TPSA) is 62.7 Å². The lowest BCUT2D eigenvalue weighted by Gasteiger charge is -2.20. The Morgan fingerprint density at radius 1 is 1.32 bits per heavy atom. The monoisotopic (exact) mass is 392 g/mol. The van der Waals surface area contributed by atoms with E-state index < -0.39 is 6.04 Å². The van der Waals surface area contributed by atoms with E-state index in [1.54, 1.807) is 22.8 Å². The van der Waals surface area contributed by atoms with E-state index in [4.69, 9.17) is 23.8 Å². The SMILES string of the molecule is CC(NC(=O)C(C)n1c(-c2cccs2)n[nH]c1=S)c1ccccc1Cl. The number of thiophene rings is 1. The highest BCUT2D eigenvalue weighted by Gasteiger charge is 2.23. The minimum Gasteiger partial charge on any atom is -0.348 e. The van der Waals surface area contributed by atoms with Crippen LogP contribution in [0.1, 0.15) is 31.5 Å². The summed E-state index contributed by atoms with van der Waals surface area (Å²) in [5.41, 5.74) is 0.874. The molecule has 8 heteroatoms. The number of carbonyl (C=O) groups is 1. The molecule has 2 heterocycles. The maximum atomic E-state index is 12.8. The van der Waals surface area contributed by atoms with Gasteiger partial charge in [-0.25, -0.2) is 0 Å². The van der Waals surface area contributed by atoms with Crippen molar-refractivity contribution >= 4 is 41.1 Å². The number of rotatable bonds is 5. The molecule has 1 aromatic carbocycles. The van der Waals surface area contributed by atoms with Crippen molar-refractivity contribution in [3.8, 4) is 10.7 Å². The molecule has 2 N–H and O–H groups in total. The maximum absolute atomic E-state index is 12.8. The summed E-state index contributed by atoms with van der Waals surface area (Å²) in [5.74, 6) is 0.510. The number of amides is 1. The molecular formula is C17H17ClN4OS2. The molecule has 0 saturated carbocycles. The molecule has 1 amide bonds. The van der Waals surface area contributed by atoms with Gasteiger partial charge in [0.1, 0.15) is 6.04 Å². The molecular weight excluding hydrogens is 376 g/mol. The molecule has 0 fully saturated rings. The first-order valence-corrected chi connectivity index (χ1v) is 9.41. The molecule has 0 aliphatic carbocycles. The van der Waals surface area contributed by atoms with Crippen molar-refractivity contribution < 1.29 is 4.79 Å². The number of aromatic nitrogens is 3. The Bertz CT molecular complexity index is 932. The van der Waals surface area contributed by atoms with Crippen LogP contribution in [-0.4, -0.2) is 20.7 Å². The molecule has 2 atom stereocenters. The van der Waals surface area contributed by atoms with Crippen LogP contribution >= 0.6 is 35.2 Å². The van der Waals surface area contributed by atoms with Crippen LogP contribution in [0.4, 0.5) is 0 Å². The fraction of sp³-hybridized carbons (Fsp3) is 0.235. The highest BCUT2D eigenvalue weighted by atomic mass is 35.5. The van der Waals surface area contributed by atoms with E-state index in [2.05, 4.69) is 15.5 Å². The first kappa shape index (κ1) is 17.8. The van der Waals surface area contributed by atoms with E-state index in [1.165, 1.54) is 0 Å². The quantitative estimate of drug-likeness (QED) is 0.615. The lowest BCUT2D eigenvalue weighted by molar-refractivity contribution is -0.124. The van der Waals surface area contributed by atoms with E-state index in [0.717, 1.165) is 10.4 Å². The maximum Gasteiger partial charge on any atom is 0.243 e. The molecule has 2 unspecified atom stereocenters. The zero-order chi connectivity index (χ0) is 18.0. The first-order valence-electron chi connectivity index (χ1n) is 7.74.